The molecule has 3 aliphatic rings. The number of unbranched alkanes of at least 4 members (excludes halogenated alkanes) is 1. The normalized spacial score (nSPS) is 26.2. The second kappa shape index (κ2) is 12.5. The summed E-state index contributed by atoms with van der Waals surface area (Å²) >= 11 is 0.858. The predicted molar refractivity (Wildman–Crippen MR) is 154 cm³/mol. The SMILES string of the molecule is C=C1C(=O)O[C@H]2[C@H]1CC/C(COC(=O)NCc1ccc(Cn3c(=O)sn(CCCC#N)c3=O)cc1)=C\CC[C@@]1(C)O[C@@H]21. The molecule has 2 fully saturated rings. The Hall–Kier alpha value is -3.95. The molecule has 1 aromatic carbocycles. The molecule has 3 heterocycles. The Kier molecular flexibility index (Phi) is 8.80. The lowest BCUT2D eigenvalue weighted by Crippen LogP contribution is -2.29. The summed E-state index contributed by atoms with van der Waals surface area (Å²) in [6.45, 7) is 6.86. The minimum Gasteiger partial charge on any atom is -0.455 e. The van der Waals surface area contributed by atoms with Gasteiger partial charge in [0.15, 0.2) is 0 Å². The fourth-order valence-corrected chi connectivity index (χ4v) is 6.38. The molecule has 1 aromatic heterocycles. The van der Waals surface area contributed by atoms with Crippen molar-refractivity contribution in [3.8, 4) is 6.07 Å². The van der Waals surface area contributed by atoms with Crippen molar-refractivity contribution in [1.29, 1.82) is 5.26 Å². The first kappa shape index (κ1) is 29.5. The first-order valence-electron chi connectivity index (χ1n) is 14.1. The lowest BCUT2D eigenvalue weighted by atomic mass is 9.84. The average Bonchev–Trinajstić information content (AvgIpc) is 3.47. The number of amides is 1. The highest BCUT2D eigenvalue weighted by Crippen LogP contribution is 2.49. The topological polar surface area (TPSA) is 145 Å². The summed E-state index contributed by atoms with van der Waals surface area (Å²) in [5.74, 6) is -0.473. The van der Waals surface area contributed by atoms with Crippen LogP contribution in [0.25, 0.3) is 0 Å². The molecule has 42 heavy (non-hydrogen) atoms. The molecule has 1 aliphatic carbocycles. The number of carbonyl (C=O) groups is 2. The van der Waals surface area contributed by atoms with Crippen molar-refractivity contribution in [1.82, 2.24) is 13.8 Å². The number of nitrogens with zero attached hydrogens (tertiary/aromatic N) is 3. The standard InChI is InChI=1S/C30H34N4O7S/c1-19-23-12-11-22(6-5-13-30(2)25(41-30)24(23)40-26(19)35)18-39-27(36)32-16-20-7-9-21(10-8-20)17-33-28(37)34(42-29(33)38)15-4-3-14-31/h6-10,23-25H,1,3-5,11-13,15-18H2,2H3,(H,32,36)/b22-6+/t23-,24-,25-,30+/m0/s1. The van der Waals surface area contributed by atoms with Gasteiger partial charge in [0.2, 0.25) is 0 Å². The Morgan fingerprint density at radius 3 is 2.79 bits per heavy atom. The molecule has 0 unspecified atom stereocenters. The lowest BCUT2D eigenvalue weighted by Gasteiger charge is -2.20. The van der Waals surface area contributed by atoms with E-state index in [9.17, 15) is 19.2 Å². The minimum atomic E-state index is -0.543. The molecular formula is C30H34N4O7S. The van der Waals surface area contributed by atoms with Crippen molar-refractivity contribution in [2.45, 2.75) is 82.9 Å². The first-order valence-corrected chi connectivity index (χ1v) is 14.9. The number of carbonyl (C=O) groups excluding carboxylic acids is 2. The maximum Gasteiger partial charge on any atom is 0.407 e. The summed E-state index contributed by atoms with van der Waals surface area (Å²) in [5.41, 5.74) is 2.38. The summed E-state index contributed by atoms with van der Waals surface area (Å²) in [7, 11) is 0. The molecule has 1 N–H and O–H groups in total. The van der Waals surface area contributed by atoms with Crippen molar-refractivity contribution in [2.75, 3.05) is 6.61 Å². The molecule has 4 atom stereocenters. The number of nitriles is 1. The van der Waals surface area contributed by atoms with E-state index in [1.807, 2.05) is 37.3 Å². The zero-order valence-corrected chi connectivity index (χ0v) is 24.3. The maximum atomic E-state index is 12.5. The van der Waals surface area contributed by atoms with Gasteiger partial charge < -0.3 is 19.5 Å². The molecule has 11 nitrogen and oxygen atoms in total. The van der Waals surface area contributed by atoms with Gasteiger partial charge in [-0.15, -0.1) is 0 Å². The fraction of sp³-hybridized carbons (Fsp3) is 0.500. The number of esters is 1. The smallest absolute Gasteiger partial charge is 0.407 e. The van der Waals surface area contributed by atoms with Crippen molar-refractivity contribution >= 4 is 23.6 Å². The number of hydrogen-bond acceptors (Lipinski definition) is 9. The van der Waals surface area contributed by atoms with E-state index in [0.29, 0.717) is 37.8 Å². The average molecular weight is 595 g/mol. The minimum absolute atomic E-state index is 0.0999. The molecule has 5 rings (SSSR count). The van der Waals surface area contributed by atoms with Gasteiger partial charge in [-0.2, -0.15) is 5.26 Å². The van der Waals surface area contributed by atoms with E-state index in [-0.39, 0.29) is 60.0 Å². The largest absolute Gasteiger partial charge is 0.455 e. The van der Waals surface area contributed by atoms with Crippen molar-refractivity contribution < 1.29 is 23.8 Å². The van der Waals surface area contributed by atoms with Gasteiger partial charge in [0.05, 0.1) is 18.2 Å². The van der Waals surface area contributed by atoms with Gasteiger partial charge in [-0.1, -0.05) is 36.9 Å². The van der Waals surface area contributed by atoms with Crippen LogP contribution in [0.5, 0.6) is 0 Å². The Morgan fingerprint density at radius 2 is 2.02 bits per heavy atom. The molecule has 0 saturated carbocycles. The third-order valence-corrected chi connectivity index (χ3v) is 9.07. The summed E-state index contributed by atoms with van der Waals surface area (Å²) in [4.78, 5) is 49.1. The molecule has 12 heteroatoms. The predicted octanol–water partition coefficient (Wildman–Crippen LogP) is 3.41. The monoisotopic (exact) mass is 594 g/mol. The summed E-state index contributed by atoms with van der Waals surface area (Å²) in [5, 5.41) is 11.4. The highest BCUT2D eigenvalue weighted by Gasteiger charge is 2.61. The van der Waals surface area contributed by atoms with Crippen LogP contribution in [0.2, 0.25) is 0 Å². The third kappa shape index (κ3) is 6.58. The maximum absolute atomic E-state index is 12.5. The second-order valence-electron chi connectivity index (χ2n) is 11.1. The van der Waals surface area contributed by atoms with Crippen LogP contribution in [-0.2, 0) is 38.6 Å². The second-order valence-corrected chi connectivity index (χ2v) is 12.1. The highest BCUT2D eigenvalue weighted by molar-refractivity contribution is 7.03. The molecular weight excluding hydrogens is 560 g/mol. The molecule has 2 saturated heterocycles. The van der Waals surface area contributed by atoms with Gasteiger partial charge in [0, 0.05) is 42.5 Å². The van der Waals surface area contributed by atoms with Gasteiger partial charge in [-0.3, -0.25) is 4.79 Å². The van der Waals surface area contributed by atoms with Crippen molar-refractivity contribution in [3.05, 3.63) is 79.3 Å². The van der Waals surface area contributed by atoms with Gasteiger partial charge in [-0.05, 0) is 55.7 Å². The van der Waals surface area contributed by atoms with Gasteiger partial charge in [-0.25, -0.2) is 22.9 Å². The van der Waals surface area contributed by atoms with Gasteiger partial charge in [0.25, 0.3) is 0 Å². The number of allylic oxidation sites excluding steroid dienone is 1. The van der Waals surface area contributed by atoms with E-state index in [4.69, 9.17) is 19.5 Å². The summed E-state index contributed by atoms with van der Waals surface area (Å²) in [6.07, 6.45) is 4.87. The number of fused-ring (bicyclic) bond motifs is 3. The summed E-state index contributed by atoms with van der Waals surface area (Å²) in [6, 6.07) is 9.30. The van der Waals surface area contributed by atoms with Crippen LogP contribution >= 0.6 is 11.5 Å². The van der Waals surface area contributed by atoms with Crippen molar-refractivity contribution in [3.63, 3.8) is 0 Å². The number of nitrogens with one attached hydrogen (secondary N) is 1. The van der Waals surface area contributed by atoms with Gasteiger partial charge in [0.1, 0.15) is 18.8 Å². The number of aromatic nitrogens is 2. The molecule has 2 aliphatic heterocycles. The van der Waals surface area contributed by atoms with Crippen LogP contribution < -0.4 is 15.9 Å². The molecule has 0 spiro atoms. The van der Waals surface area contributed by atoms with Crippen LogP contribution in [0, 0.1) is 17.2 Å². The highest BCUT2D eigenvalue weighted by atomic mass is 32.1. The van der Waals surface area contributed by atoms with Crippen molar-refractivity contribution in [2.24, 2.45) is 5.92 Å². The molecule has 0 radical (unpaired) electrons. The zero-order chi connectivity index (χ0) is 29.9. The number of alkyl carbamates (subject to hydrolysis) is 1. The lowest BCUT2D eigenvalue weighted by molar-refractivity contribution is -0.140. The number of ether oxygens (including phenoxy) is 3. The third-order valence-electron chi connectivity index (χ3n) is 8.13. The molecule has 1 amide bonds. The van der Waals surface area contributed by atoms with E-state index in [1.54, 1.807) is 0 Å². The zero-order valence-electron chi connectivity index (χ0n) is 23.5. The summed E-state index contributed by atoms with van der Waals surface area (Å²) < 4.78 is 19.6. The number of hydrogen-bond donors (Lipinski definition) is 1. The molecule has 0 bridgehead atoms. The Bertz CT molecular complexity index is 1550. The van der Waals surface area contributed by atoms with Crippen LogP contribution in [0.15, 0.2) is 57.7 Å². The van der Waals surface area contributed by atoms with E-state index < -0.39 is 6.09 Å². The van der Waals surface area contributed by atoms with E-state index >= 15 is 0 Å². The van der Waals surface area contributed by atoms with Crippen LogP contribution in [0.3, 0.4) is 0 Å². The number of aryl methyl sites for hydroxylation is 1. The first-order chi connectivity index (χ1) is 20.2. The quantitative estimate of drug-likeness (QED) is 0.153. The molecule has 222 valence electrons. The Labute approximate surface area is 247 Å². The van der Waals surface area contributed by atoms with E-state index in [1.165, 1.54) is 8.52 Å². The van der Waals surface area contributed by atoms with E-state index in [0.717, 1.165) is 41.1 Å². The van der Waals surface area contributed by atoms with Crippen LogP contribution in [0.1, 0.15) is 56.6 Å². The van der Waals surface area contributed by atoms with Crippen LogP contribution in [0.4, 0.5) is 4.79 Å². The number of rotatable bonds is 9. The Balaban J connectivity index is 1.10. The Morgan fingerprint density at radius 1 is 1.26 bits per heavy atom. The fourth-order valence-electron chi connectivity index (χ4n) is 5.55. The van der Waals surface area contributed by atoms with Crippen LogP contribution in [-0.4, -0.2) is 45.0 Å². The molecule has 2 aromatic rings. The van der Waals surface area contributed by atoms with E-state index in [2.05, 4.69) is 18.0 Å². The van der Waals surface area contributed by atoms with Gasteiger partial charge >= 0.3 is 22.6 Å². The number of epoxide rings is 1. The number of benzene rings is 1.